The van der Waals surface area contributed by atoms with Crippen molar-refractivity contribution in [1.29, 1.82) is 0 Å². The van der Waals surface area contributed by atoms with E-state index < -0.39 is 18.4 Å². The molecule has 0 spiro atoms. The first-order chi connectivity index (χ1) is 14.6. The number of benzene rings is 1. The number of hydrogen-bond donors (Lipinski definition) is 0. The van der Waals surface area contributed by atoms with E-state index in [4.69, 9.17) is 14.2 Å². The molecule has 0 bridgehead atoms. The number of rotatable bonds is 15. The summed E-state index contributed by atoms with van der Waals surface area (Å²) in [6.45, 7) is 11.0. The van der Waals surface area contributed by atoms with E-state index in [9.17, 15) is 0 Å². The van der Waals surface area contributed by atoms with Crippen LogP contribution in [0.5, 0.6) is 5.75 Å². The fourth-order valence-electron chi connectivity index (χ4n) is 4.82. The second-order valence-corrected chi connectivity index (χ2v) is 25.1. The van der Waals surface area contributed by atoms with Gasteiger partial charge in [0.2, 0.25) is 0 Å². The SMILES string of the molecule is CCC[CH2][Sn]([CH2]CCC)([CH2]CCC)[CH](Sc1cccc(OC)c1)C(C)C1OCCO1. The molecule has 0 saturated carbocycles. The number of hydrogen-bond acceptors (Lipinski definition) is 4. The average molecular weight is 543 g/mol. The van der Waals surface area contributed by atoms with Crippen LogP contribution in [0, 0.1) is 5.92 Å². The van der Waals surface area contributed by atoms with Crippen LogP contribution in [0.1, 0.15) is 66.2 Å². The molecular formula is C25H44O3SSn. The van der Waals surface area contributed by atoms with Gasteiger partial charge in [0.1, 0.15) is 0 Å². The third-order valence-corrected chi connectivity index (χ3v) is 28.6. The van der Waals surface area contributed by atoms with E-state index in [1.165, 1.54) is 56.7 Å². The van der Waals surface area contributed by atoms with Crippen molar-refractivity contribution in [2.24, 2.45) is 5.92 Å². The van der Waals surface area contributed by atoms with Crippen LogP contribution < -0.4 is 4.74 Å². The van der Waals surface area contributed by atoms with Crippen molar-refractivity contribution < 1.29 is 14.2 Å². The Hall–Kier alpha value is 0.0887. The Labute approximate surface area is 193 Å². The minimum absolute atomic E-state index is 0.0333. The Balaban J connectivity index is 2.41. The predicted octanol–water partition coefficient (Wildman–Crippen LogP) is 7.55. The first kappa shape index (κ1) is 26.3. The molecule has 0 aliphatic carbocycles. The molecule has 3 nitrogen and oxygen atoms in total. The van der Waals surface area contributed by atoms with Crippen molar-refractivity contribution in [3.63, 3.8) is 0 Å². The summed E-state index contributed by atoms with van der Waals surface area (Å²) in [4.78, 5) is 1.34. The molecule has 1 heterocycles. The molecular weight excluding hydrogens is 499 g/mol. The Kier molecular flexibility index (Phi) is 12.5. The molecule has 172 valence electrons. The third-order valence-electron chi connectivity index (χ3n) is 6.55. The van der Waals surface area contributed by atoms with Crippen LogP contribution in [0.4, 0.5) is 0 Å². The fraction of sp³-hybridized carbons (Fsp3) is 0.760. The van der Waals surface area contributed by atoms with Crippen molar-refractivity contribution in [2.75, 3.05) is 20.3 Å². The van der Waals surface area contributed by atoms with E-state index >= 15 is 0 Å². The van der Waals surface area contributed by atoms with Gasteiger partial charge in [-0.05, 0) is 0 Å². The van der Waals surface area contributed by atoms with Gasteiger partial charge in [0.05, 0.1) is 0 Å². The van der Waals surface area contributed by atoms with Gasteiger partial charge < -0.3 is 0 Å². The number of thioether (sulfide) groups is 1. The molecule has 2 atom stereocenters. The monoisotopic (exact) mass is 544 g/mol. The van der Waals surface area contributed by atoms with Crippen molar-refractivity contribution in [1.82, 2.24) is 0 Å². The summed E-state index contributed by atoms with van der Waals surface area (Å²) < 4.78 is 22.8. The fourth-order valence-corrected chi connectivity index (χ4v) is 29.0. The van der Waals surface area contributed by atoms with Gasteiger partial charge in [0, 0.05) is 0 Å². The first-order valence-corrected chi connectivity index (χ1v) is 20.7. The Morgan fingerprint density at radius 3 is 2.07 bits per heavy atom. The van der Waals surface area contributed by atoms with Gasteiger partial charge in [-0.2, -0.15) is 0 Å². The summed E-state index contributed by atoms with van der Waals surface area (Å²) in [6, 6.07) is 8.66. The van der Waals surface area contributed by atoms with Crippen LogP contribution in [-0.2, 0) is 9.47 Å². The van der Waals surface area contributed by atoms with Gasteiger partial charge in [0.15, 0.2) is 0 Å². The molecule has 0 N–H and O–H groups in total. The third kappa shape index (κ3) is 7.60. The molecule has 5 heteroatoms. The first-order valence-electron chi connectivity index (χ1n) is 12.1. The maximum atomic E-state index is 6.06. The zero-order valence-electron chi connectivity index (χ0n) is 20.0. The summed E-state index contributed by atoms with van der Waals surface area (Å²) in [5.74, 6) is 1.39. The molecule has 1 aliphatic heterocycles. The molecule has 2 unspecified atom stereocenters. The quantitative estimate of drug-likeness (QED) is 0.169. The van der Waals surface area contributed by atoms with Gasteiger partial charge in [0.25, 0.3) is 0 Å². The summed E-state index contributed by atoms with van der Waals surface area (Å²) in [5, 5.41) is 0. The van der Waals surface area contributed by atoms with E-state index in [0.717, 1.165) is 19.0 Å². The summed E-state index contributed by atoms with van der Waals surface area (Å²) >= 11 is -0.403. The average Bonchev–Trinajstić information content (AvgIpc) is 3.32. The molecule has 1 fully saturated rings. The van der Waals surface area contributed by atoms with Crippen molar-refractivity contribution in [2.45, 2.75) is 94.0 Å². The van der Waals surface area contributed by atoms with E-state index in [0.29, 0.717) is 9.18 Å². The zero-order valence-corrected chi connectivity index (χ0v) is 23.6. The molecule has 1 aromatic carbocycles. The van der Waals surface area contributed by atoms with Gasteiger partial charge in [-0.1, -0.05) is 0 Å². The second-order valence-electron chi connectivity index (χ2n) is 8.86. The Bertz CT molecular complexity index is 570. The van der Waals surface area contributed by atoms with E-state index in [-0.39, 0.29) is 6.29 Å². The molecule has 1 aliphatic rings. The molecule has 0 radical (unpaired) electrons. The van der Waals surface area contributed by atoms with Gasteiger partial charge in [-0.3, -0.25) is 0 Å². The van der Waals surface area contributed by atoms with E-state index in [1.54, 1.807) is 7.11 Å². The van der Waals surface area contributed by atoms with Crippen LogP contribution in [-0.4, -0.2) is 48.3 Å². The van der Waals surface area contributed by atoms with Crippen LogP contribution in [0.2, 0.25) is 13.3 Å². The van der Waals surface area contributed by atoms with Crippen LogP contribution in [0.3, 0.4) is 0 Å². The topological polar surface area (TPSA) is 27.7 Å². The minimum atomic E-state index is -2.53. The molecule has 1 saturated heterocycles. The van der Waals surface area contributed by atoms with E-state index in [2.05, 4.69) is 57.7 Å². The van der Waals surface area contributed by atoms with Crippen LogP contribution in [0.25, 0.3) is 0 Å². The van der Waals surface area contributed by atoms with Gasteiger partial charge >= 0.3 is 195 Å². The molecule has 0 amide bonds. The Morgan fingerprint density at radius 1 is 1.00 bits per heavy atom. The number of ether oxygens (including phenoxy) is 3. The maximum absolute atomic E-state index is 6.06. The van der Waals surface area contributed by atoms with Crippen molar-refractivity contribution in [3.8, 4) is 5.75 Å². The summed E-state index contributed by atoms with van der Waals surface area (Å²) in [6.07, 6.45) is 8.04. The predicted molar refractivity (Wildman–Crippen MR) is 132 cm³/mol. The zero-order chi connectivity index (χ0) is 21.8. The Morgan fingerprint density at radius 2 is 1.57 bits per heavy atom. The van der Waals surface area contributed by atoms with Crippen LogP contribution in [0.15, 0.2) is 29.2 Å². The normalized spacial score (nSPS) is 17.2. The number of unbranched alkanes of at least 4 members (excludes halogenated alkanes) is 3. The van der Waals surface area contributed by atoms with Crippen LogP contribution >= 0.6 is 11.8 Å². The molecule has 1 aromatic rings. The van der Waals surface area contributed by atoms with Gasteiger partial charge in [-0.25, -0.2) is 0 Å². The summed E-state index contributed by atoms with van der Waals surface area (Å²) in [5.41, 5.74) is 0. The van der Waals surface area contributed by atoms with Crippen molar-refractivity contribution in [3.05, 3.63) is 24.3 Å². The molecule has 0 aromatic heterocycles. The molecule has 30 heavy (non-hydrogen) atoms. The van der Waals surface area contributed by atoms with Gasteiger partial charge in [-0.15, -0.1) is 0 Å². The van der Waals surface area contributed by atoms with Crippen molar-refractivity contribution >= 4 is 30.1 Å². The standard InChI is InChI=1S/C13H17O3S.3C4H9.Sn/c1-10(13-15-6-7-16-13)9-17-12-5-3-4-11(8-12)14-2;3*1-3-4-2;/h3-5,8-10,13H,6-7H2,1-2H3;3*1,3-4H2,2H3;. The number of methoxy groups -OCH3 is 1. The molecule has 2 rings (SSSR count). The second kappa shape index (κ2) is 14.3. The summed E-state index contributed by atoms with van der Waals surface area (Å²) in [7, 11) is 1.76. The van der Waals surface area contributed by atoms with E-state index in [1.807, 2.05) is 6.07 Å².